The summed E-state index contributed by atoms with van der Waals surface area (Å²) in [7, 11) is 0. The number of nitrogens with zero attached hydrogens (tertiary/aromatic N) is 2. The molecule has 5 atom stereocenters. The van der Waals surface area contributed by atoms with Crippen LogP contribution in [0.2, 0.25) is 5.02 Å². The fraction of sp³-hybridized carbons (Fsp3) is 0.500. The number of carbonyl (C=O) groups is 3. The molecule has 4 aliphatic heterocycles. The predicted molar refractivity (Wildman–Crippen MR) is 129 cm³/mol. The fourth-order valence-corrected chi connectivity index (χ4v) is 6.33. The lowest BCUT2D eigenvalue weighted by Crippen LogP contribution is -2.56. The van der Waals surface area contributed by atoms with E-state index in [2.05, 4.69) is 0 Å². The van der Waals surface area contributed by atoms with Crippen molar-refractivity contribution in [3.63, 3.8) is 0 Å². The number of esters is 1. The number of aliphatic hydroxyl groups is 1. The number of likely N-dealkylation sites (tertiary alicyclic amines) is 1. The molecular weight excluding hydrogens is 472 g/mol. The lowest BCUT2D eigenvalue weighted by Gasteiger charge is -2.38. The Morgan fingerprint density at radius 1 is 1.11 bits per heavy atom. The number of hydrogen-bond donors (Lipinski definition) is 1. The molecule has 8 nitrogen and oxygen atoms in total. The van der Waals surface area contributed by atoms with Gasteiger partial charge < -0.3 is 24.4 Å². The van der Waals surface area contributed by atoms with E-state index in [1.165, 1.54) is 4.90 Å². The second kappa shape index (κ2) is 9.08. The van der Waals surface area contributed by atoms with E-state index in [1.807, 2.05) is 25.2 Å². The van der Waals surface area contributed by atoms with Crippen molar-refractivity contribution in [1.82, 2.24) is 4.90 Å². The molecule has 0 bridgehead atoms. The molecule has 2 saturated heterocycles. The number of cyclic esters (lactones) is 1. The molecule has 4 aliphatic rings. The monoisotopic (exact) mass is 500 g/mol. The zero-order valence-corrected chi connectivity index (χ0v) is 20.3. The van der Waals surface area contributed by atoms with Crippen molar-refractivity contribution in [2.24, 2.45) is 11.8 Å². The van der Waals surface area contributed by atoms with E-state index in [4.69, 9.17) is 21.1 Å². The molecule has 0 radical (unpaired) electrons. The molecule has 35 heavy (non-hydrogen) atoms. The third kappa shape index (κ3) is 3.53. The summed E-state index contributed by atoms with van der Waals surface area (Å²) in [5.41, 5.74) is -1.88. The van der Waals surface area contributed by atoms with E-state index >= 15 is 0 Å². The van der Waals surface area contributed by atoms with Gasteiger partial charge in [-0.25, -0.2) is 0 Å². The van der Waals surface area contributed by atoms with Gasteiger partial charge in [0.05, 0.1) is 23.2 Å². The van der Waals surface area contributed by atoms with Crippen molar-refractivity contribution in [3.8, 4) is 0 Å². The highest BCUT2D eigenvalue weighted by Gasteiger charge is 2.75. The minimum Gasteiger partial charge on any atom is -0.465 e. The maximum Gasteiger partial charge on any atom is 0.313 e. The lowest BCUT2D eigenvalue weighted by molar-refractivity contribution is -0.160. The summed E-state index contributed by atoms with van der Waals surface area (Å²) in [5, 5.41) is 9.91. The van der Waals surface area contributed by atoms with Gasteiger partial charge in [-0.1, -0.05) is 55.0 Å². The van der Waals surface area contributed by atoms with Crippen LogP contribution in [0.25, 0.3) is 0 Å². The first-order chi connectivity index (χ1) is 16.9. The minimum atomic E-state index is -1.35. The Kier molecular flexibility index (Phi) is 6.23. The highest BCUT2D eigenvalue weighted by atomic mass is 35.5. The van der Waals surface area contributed by atoms with E-state index in [1.54, 1.807) is 35.2 Å². The number of halogens is 1. The van der Waals surface area contributed by atoms with Gasteiger partial charge in [0.1, 0.15) is 23.2 Å². The summed E-state index contributed by atoms with van der Waals surface area (Å²) >= 11 is 6.44. The van der Waals surface area contributed by atoms with Gasteiger partial charge in [0, 0.05) is 19.7 Å². The number of carbonyl (C=O) groups excluding carboxylic acids is 3. The molecule has 1 N–H and O–H groups in total. The summed E-state index contributed by atoms with van der Waals surface area (Å²) in [6.07, 6.45) is 8.68. The first kappa shape index (κ1) is 24.0. The topological polar surface area (TPSA) is 96.4 Å². The van der Waals surface area contributed by atoms with Crippen molar-refractivity contribution in [3.05, 3.63) is 53.6 Å². The average molecular weight is 501 g/mol. The molecule has 1 unspecified atom stereocenters. The Hall–Kier alpha value is -2.68. The molecular formula is C26H29ClN2O6. The van der Waals surface area contributed by atoms with Crippen LogP contribution >= 0.6 is 11.6 Å². The van der Waals surface area contributed by atoms with Crippen molar-refractivity contribution < 1.29 is 29.0 Å². The molecule has 0 aromatic heterocycles. The van der Waals surface area contributed by atoms with Crippen molar-refractivity contribution in [1.29, 1.82) is 0 Å². The maximum absolute atomic E-state index is 14.2. The number of benzene rings is 1. The van der Waals surface area contributed by atoms with Gasteiger partial charge >= 0.3 is 5.97 Å². The predicted octanol–water partition coefficient (Wildman–Crippen LogP) is 2.49. The standard InChI is InChI=1S/C26H29ClN2O6/c1-2-25-11-5-6-16-34-24(33)20(25)19-22(31)29(14-8-15-30)21-23(32)28(13-7-12-26(19,21)35-25)18-10-4-3-9-17(18)27/h3-5,7,9-12,19-21,30H,2,6,8,13-16H2,1H3/t19-,20-,21?,25+,26-/m0/s1. The van der Waals surface area contributed by atoms with E-state index < -0.39 is 35.0 Å². The number of ether oxygens (including phenoxy) is 2. The molecule has 4 heterocycles. The van der Waals surface area contributed by atoms with Crippen LogP contribution in [0.15, 0.2) is 48.6 Å². The van der Waals surface area contributed by atoms with Gasteiger partial charge in [-0.3, -0.25) is 14.4 Å². The van der Waals surface area contributed by atoms with Crippen molar-refractivity contribution in [2.75, 3.05) is 31.2 Å². The maximum atomic E-state index is 14.2. The molecule has 2 amide bonds. The molecule has 5 rings (SSSR count). The first-order valence-corrected chi connectivity index (χ1v) is 12.5. The normalized spacial score (nSPS) is 34.1. The van der Waals surface area contributed by atoms with Crippen LogP contribution in [0.4, 0.5) is 5.69 Å². The van der Waals surface area contributed by atoms with Crippen LogP contribution in [-0.2, 0) is 23.9 Å². The third-order valence-corrected chi connectivity index (χ3v) is 7.92. The van der Waals surface area contributed by atoms with Crippen LogP contribution in [-0.4, -0.2) is 71.3 Å². The number of aliphatic hydroxyl groups excluding tert-OH is 1. The van der Waals surface area contributed by atoms with Gasteiger partial charge in [0.2, 0.25) is 5.91 Å². The van der Waals surface area contributed by atoms with Crippen LogP contribution in [0.5, 0.6) is 0 Å². The highest BCUT2D eigenvalue weighted by molar-refractivity contribution is 6.34. The Balaban J connectivity index is 1.67. The molecule has 2 fully saturated rings. The van der Waals surface area contributed by atoms with E-state index in [0.29, 0.717) is 30.0 Å². The van der Waals surface area contributed by atoms with Gasteiger partial charge in [-0.05, 0) is 31.4 Å². The SMILES string of the molecule is CC[C@@]12C=CCCOC(=O)[C@@H]1[C@H]1C(=O)N(CCCO)C3C(=O)N(c4ccccc4Cl)CC=C[C@@]31O2. The van der Waals surface area contributed by atoms with Crippen molar-refractivity contribution in [2.45, 2.75) is 43.4 Å². The van der Waals surface area contributed by atoms with Crippen LogP contribution < -0.4 is 4.90 Å². The van der Waals surface area contributed by atoms with Gasteiger partial charge in [-0.15, -0.1) is 0 Å². The molecule has 0 saturated carbocycles. The summed E-state index contributed by atoms with van der Waals surface area (Å²) in [6, 6.07) is 6.04. The Bertz CT molecular complexity index is 1110. The summed E-state index contributed by atoms with van der Waals surface area (Å²) in [6.45, 7) is 2.40. The smallest absolute Gasteiger partial charge is 0.313 e. The Morgan fingerprint density at radius 3 is 2.66 bits per heavy atom. The third-order valence-electron chi connectivity index (χ3n) is 7.60. The molecule has 0 aliphatic carbocycles. The molecule has 1 aromatic carbocycles. The van der Waals surface area contributed by atoms with Gasteiger partial charge in [0.25, 0.3) is 5.91 Å². The largest absolute Gasteiger partial charge is 0.465 e. The van der Waals surface area contributed by atoms with E-state index in [9.17, 15) is 19.5 Å². The summed E-state index contributed by atoms with van der Waals surface area (Å²) < 4.78 is 12.3. The molecule has 9 heteroatoms. The average Bonchev–Trinajstić information content (AvgIpc) is 3.19. The Labute approximate surface area is 209 Å². The Morgan fingerprint density at radius 2 is 1.91 bits per heavy atom. The van der Waals surface area contributed by atoms with Crippen LogP contribution in [0.1, 0.15) is 26.2 Å². The number of hydrogen-bond acceptors (Lipinski definition) is 6. The zero-order chi connectivity index (χ0) is 24.8. The van der Waals surface area contributed by atoms with E-state index in [-0.39, 0.29) is 38.1 Å². The molecule has 1 spiro atoms. The molecule has 186 valence electrons. The first-order valence-electron chi connectivity index (χ1n) is 12.1. The number of amides is 2. The number of rotatable bonds is 5. The fourth-order valence-electron chi connectivity index (χ4n) is 6.10. The number of anilines is 1. The lowest BCUT2D eigenvalue weighted by atomic mass is 9.73. The van der Waals surface area contributed by atoms with Crippen LogP contribution in [0, 0.1) is 11.8 Å². The summed E-state index contributed by atoms with van der Waals surface area (Å²) in [5.74, 6) is -2.97. The molecule has 1 aromatic rings. The van der Waals surface area contributed by atoms with Crippen LogP contribution in [0.3, 0.4) is 0 Å². The van der Waals surface area contributed by atoms with Gasteiger partial charge in [0.15, 0.2) is 0 Å². The zero-order valence-electron chi connectivity index (χ0n) is 19.6. The second-order valence-corrected chi connectivity index (χ2v) is 9.80. The van der Waals surface area contributed by atoms with Crippen molar-refractivity contribution >= 4 is 35.1 Å². The summed E-state index contributed by atoms with van der Waals surface area (Å²) in [4.78, 5) is 44.5. The van der Waals surface area contributed by atoms with E-state index in [0.717, 1.165) is 0 Å². The second-order valence-electron chi connectivity index (χ2n) is 9.39. The highest BCUT2D eigenvalue weighted by Crippen LogP contribution is 2.58. The minimum absolute atomic E-state index is 0.139. The number of para-hydroxylation sites is 1. The number of fused-ring (bicyclic) bond motifs is 2. The van der Waals surface area contributed by atoms with Gasteiger partial charge in [-0.2, -0.15) is 0 Å². The quantitative estimate of drug-likeness (QED) is 0.493.